The molecular weight excluding hydrogens is 358 g/mol. The summed E-state index contributed by atoms with van der Waals surface area (Å²) in [5, 5.41) is 7.58. The van der Waals surface area contributed by atoms with Gasteiger partial charge >= 0.3 is 0 Å². The molecule has 28 heavy (non-hydrogen) atoms. The van der Waals surface area contributed by atoms with Gasteiger partial charge in [0.05, 0.1) is 0 Å². The van der Waals surface area contributed by atoms with Crippen LogP contribution in [0.5, 0.6) is 0 Å². The van der Waals surface area contributed by atoms with E-state index in [0.717, 1.165) is 25.9 Å². The summed E-state index contributed by atoms with van der Waals surface area (Å²) >= 11 is 0. The molecule has 2 amide bonds. The van der Waals surface area contributed by atoms with Crippen molar-refractivity contribution in [1.29, 1.82) is 0 Å². The highest BCUT2D eigenvalue weighted by molar-refractivity contribution is 5.94. The number of likely N-dealkylation sites (tertiary alicyclic amines) is 1. The number of hydrogen-bond donors (Lipinski definition) is 0. The average Bonchev–Trinajstić information content (AvgIpc) is 3.22. The fraction of sp³-hybridized carbons (Fsp3) is 0.526. The minimum atomic E-state index is -0.154. The van der Waals surface area contributed by atoms with Crippen LogP contribution < -0.4 is 0 Å². The van der Waals surface area contributed by atoms with E-state index in [1.807, 2.05) is 11.9 Å². The Bertz CT molecular complexity index is 869. The van der Waals surface area contributed by atoms with Crippen molar-refractivity contribution in [3.63, 3.8) is 0 Å². The van der Waals surface area contributed by atoms with Crippen LogP contribution in [0.15, 0.2) is 31.0 Å². The molecule has 4 heterocycles. The van der Waals surface area contributed by atoms with Crippen molar-refractivity contribution < 1.29 is 9.59 Å². The molecule has 0 bridgehead atoms. The van der Waals surface area contributed by atoms with Gasteiger partial charge in [0.25, 0.3) is 5.91 Å². The van der Waals surface area contributed by atoms with E-state index < -0.39 is 0 Å². The number of nitrogens with zero attached hydrogens (tertiary/aromatic N) is 7. The Morgan fingerprint density at radius 1 is 1.11 bits per heavy atom. The molecule has 0 aromatic carbocycles. The molecule has 0 radical (unpaired) electrons. The number of hydrogen-bond acceptors (Lipinski definition) is 6. The molecule has 148 valence electrons. The second-order valence-corrected chi connectivity index (χ2v) is 7.71. The molecular formula is C19H25N7O2. The van der Waals surface area contributed by atoms with Gasteiger partial charge in [0.2, 0.25) is 5.91 Å². The summed E-state index contributed by atoms with van der Waals surface area (Å²) in [4.78, 5) is 35.7. The summed E-state index contributed by atoms with van der Waals surface area (Å²) in [7, 11) is 3.96. The zero-order valence-electron chi connectivity index (χ0n) is 16.3. The van der Waals surface area contributed by atoms with Crippen LogP contribution in [0.3, 0.4) is 0 Å². The number of amides is 2. The summed E-state index contributed by atoms with van der Waals surface area (Å²) in [6.07, 6.45) is 6.92. The van der Waals surface area contributed by atoms with Crippen LogP contribution in [0.4, 0.5) is 0 Å². The molecule has 2 fully saturated rings. The van der Waals surface area contributed by atoms with E-state index in [1.165, 1.54) is 0 Å². The Hall–Kier alpha value is -2.81. The van der Waals surface area contributed by atoms with Gasteiger partial charge in [-0.05, 0) is 32.0 Å². The number of carbonyl (C=O) groups is 2. The van der Waals surface area contributed by atoms with E-state index in [9.17, 15) is 9.59 Å². The van der Waals surface area contributed by atoms with Crippen molar-refractivity contribution in [3.05, 3.63) is 36.5 Å². The average molecular weight is 383 g/mol. The maximum absolute atomic E-state index is 13.2. The fourth-order valence-corrected chi connectivity index (χ4v) is 4.13. The Morgan fingerprint density at radius 2 is 1.89 bits per heavy atom. The molecule has 1 spiro atoms. The largest absolute Gasteiger partial charge is 0.346 e. The maximum atomic E-state index is 13.2. The van der Waals surface area contributed by atoms with Gasteiger partial charge in [-0.2, -0.15) is 0 Å². The number of carbonyl (C=O) groups excluding carboxylic acids is 2. The van der Waals surface area contributed by atoms with Crippen LogP contribution in [0.2, 0.25) is 0 Å². The summed E-state index contributed by atoms with van der Waals surface area (Å²) in [6.45, 7) is 2.82. The van der Waals surface area contributed by atoms with Crippen LogP contribution in [-0.4, -0.2) is 92.1 Å². The van der Waals surface area contributed by atoms with Crippen molar-refractivity contribution in [2.75, 3.05) is 40.3 Å². The Balaban J connectivity index is 1.55. The van der Waals surface area contributed by atoms with Crippen LogP contribution in [0, 0.1) is 0 Å². The first-order valence-corrected chi connectivity index (χ1v) is 9.54. The highest BCUT2D eigenvalue weighted by atomic mass is 16.2. The summed E-state index contributed by atoms with van der Waals surface area (Å²) in [5.74, 6) is 0.788. The first-order valence-electron chi connectivity index (χ1n) is 9.54. The van der Waals surface area contributed by atoms with Gasteiger partial charge < -0.3 is 9.80 Å². The van der Waals surface area contributed by atoms with E-state index in [1.54, 1.807) is 40.5 Å². The molecule has 2 aromatic heterocycles. The molecule has 1 unspecified atom stereocenters. The van der Waals surface area contributed by atoms with E-state index >= 15 is 0 Å². The zero-order valence-corrected chi connectivity index (χ0v) is 16.3. The Kier molecular flexibility index (Phi) is 4.84. The van der Waals surface area contributed by atoms with Crippen LogP contribution in [0.25, 0.3) is 5.82 Å². The molecule has 0 saturated carbocycles. The predicted octanol–water partition coefficient (Wildman–Crippen LogP) is 0.431. The molecule has 1 atom stereocenters. The number of piperazine rings is 1. The molecule has 0 aliphatic carbocycles. The summed E-state index contributed by atoms with van der Waals surface area (Å²) in [6, 6.07) is 3.51. The minimum Gasteiger partial charge on any atom is -0.346 e. The van der Waals surface area contributed by atoms with Gasteiger partial charge in [-0.15, -0.1) is 10.2 Å². The topological polar surface area (TPSA) is 87.5 Å². The summed E-state index contributed by atoms with van der Waals surface area (Å²) < 4.78 is 1.68. The third-order valence-corrected chi connectivity index (χ3v) is 6.11. The predicted molar refractivity (Wildman–Crippen MR) is 102 cm³/mol. The quantitative estimate of drug-likeness (QED) is 0.747. The first kappa shape index (κ1) is 18.5. The van der Waals surface area contributed by atoms with E-state index in [-0.39, 0.29) is 17.4 Å². The van der Waals surface area contributed by atoms with Crippen LogP contribution in [-0.2, 0) is 4.79 Å². The lowest BCUT2D eigenvalue weighted by atomic mass is 9.86. The Labute approximate surface area is 164 Å². The van der Waals surface area contributed by atoms with Gasteiger partial charge in [0.15, 0.2) is 0 Å². The van der Waals surface area contributed by atoms with Crippen molar-refractivity contribution in [2.45, 2.75) is 24.8 Å². The number of aromatic nitrogens is 4. The van der Waals surface area contributed by atoms with Crippen LogP contribution >= 0.6 is 0 Å². The van der Waals surface area contributed by atoms with Gasteiger partial charge in [0.1, 0.15) is 18.5 Å². The second-order valence-electron chi connectivity index (χ2n) is 7.71. The van der Waals surface area contributed by atoms with Gasteiger partial charge in [-0.3, -0.25) is 19.1 Å². The number of pyridine rings is 1. The molecule has 2 saturated heterocycles. The molecule has 0 N–H and O–H groups in total. The smallest absolute Gasteiger partial charge is 0.254 e. The third-order valence-electron chi connectivity index (χ3n) is 6.11. The molecule has 9 heteroatoms. The normalized spacial score (nSPS) is 23.9. The lowest BCUT2D eigenvalue weighted by Gasteiger charge is -2.49. The van der Waals surface area contributed by atoms with E-state index in [2.05, 4.69) is 27.1 Å². The fourth-order valence-electron chi connectivity index (χ4n) is 4.13. The minimum absolute atomic E-state index is 0.00636. The van der Waals surface area contributed by atoms with E-state index in [0.29, 0.717) is 30.9 Å². The maximum Gasteiger partial charge on any atom is 0.254 e. The molecule has 4 rings (SSSR count). The number of rotatable bonds is 2. The lowest BCUT2D eigenvalue weighted by molar-refractivity contribution is -0.129. The monoisotopic (exact) mass is 383 g/mol. The van der Waals surface area contributed by atoms with Crippen molar-refractivity contribution in [3.8, 4) is 5.82 Å². The molecule has 2 aromatic rings. The second kappa shape index (κ2) is 7.31. The van der Waals surface area contributed by atoms with Crippen molar-refractivity contribution >= 4 is 11.8 Å². The molecule has 9 nitrogen and oxygen atoms in total. The summed E-state index contributed by atoms with van der Waals surface area (Å²) in [5.41, 5.74) is 0.443. The SMILES string of the molecule is CN1CCC2(CCC1=O)CN(C(=O)c1ccnc(-n3cnnc3)c1)CCN2C. The van der Waals surface area contributed by atoms with E-state index in [4.69, 9.17) is 0 Å². The van der Waals surface area contributed by atoms with Gasteiger partial charge in [-0.1, -0.05) is 0 Å². The van der Waals surface area contributed by atoms with Crippen LogP contribution in [0.1, 0.15) is 29.6 Å². The van der Waals surface area contributed by atoms with Crippen molar-refractivity contribution in [2.24, 2.45) is 0 Å². The molecule has 2 aliphatic rings. The zero-order chi connectivity index (χ0) is 19.7. The van der Waals surface area contributed by atoms with Crippen molar-refractivity contribution in [1.82, 2.24) is 34.4 Å². The van der Waals surface area contributed by atoms with Gasteiger partial charge in [0, 0.05) is 56.9 Å². The Morgan fingerprint density at radius 3 is 2.68 bits per heavy atom. The lowest BCUT2D eigenvalue weighted by Crippen LogP contribution is -2.62. The first-order chi connectivity index (χ1) is 13.5. The standard InChI is InChI=1S/C19H25N7O2/c1-23-8-6-19(5-3-17(23)27)12-25(10-9-24(19)2)18(28)15-4-7-20-16(11-15)26-13-21-22-14-26/h4,7,11,13-14H,3,5-6,8-10,12H2,1-2H3. The molecule has 2 aliphatic heterocycles. The highest BCUT2D eigenvalue weighted by Gasteiger charge is 2.43. The number of likely N-dealkylation sites (N-methyl/N-ethyl adjacent to an activating group) is 1. The third kappa shape index (κ3) is 3.37. The highest BCUT2D eigenvalue weighted by Crippen LogP contribution is 2.32. The van der Waals surface area contributed by atoms with Gasteiger partial charge in [-0.25, -0.2) is 4.98 Å².